The van der Waals surface area contributed by atoms with Crippen LogP contribution in [-0.2, 0) is 5.41 Å². The van der Waals surface area contributed by atoms with Gasteiger partial charge in [0.05, 0.1) is 12.0 Å². The molecule has 0 atom stereocenters. The molecular formula is C11H14N2O. The van der Waals surface area contributed by atoms with Gasteiger partial charge in [-0.05, 0) is 11.5 Å². The molecule has 2 aromatic rings. The Balaban J connectivity index is 2.76. The van der Waals surface area contributed by atoms with Crippen molar-refractivity contribution >= 4 is 16.8 Å². The van der Waals surface area contributed by atoms with Crippen LogP contribution in [0.25, 0.3) is 11.1 Å². The third-order valence-corrected chi connectivity index (χ3v) is 2.29. The molecule has 0 aliphatic heterocycles. The minimum absolute atomic E-state index is 0.0338. The number of pyridine rings is 1. The Morgan fingerprint density at radius 1 is 1.36 bits per heavy atom. The summed E-state index contributed by atoms with van der Waals surface area (Å²) in [5.41, 5.74) is 9.12. The van der Waals surface area contributed by atoms with Crippen molar-refractivity contribution < 1.29 is 4.42 Å². The van der Waals surface area contributed by atoms with Gasteiger partial charge in [-0.2, -0.15) is 0 Å². The lowest BCUT2D eigenvalue weighted by Crippen LogP contribution is -2.10. The molecular weight excluding hydrogens is 176 g/mol. The maximum atomic E-state index is 5.78. The Morgan fingerprint density at radius 3 is 2.71 bits per heavy atom. The average Bonchev–Trinajstić information content (AvgIpc) is 2.47. The highest BCUT2D eigenvalue weighted by Gasteiger charge is 2.21. The van der Waals surface area contributed by atoms with Gasteiger partial charge in [-0.3, -0.25) is 4.98 Å². The van der Waals surface area contributed by atoms with E-state index >= 15 is 0 Å². The van der Waals surface area contributed by atoms with Crippen LogP contribution in [0.3, 0.4) is 0 Å². The van der Waals surface area contributed by atoms with Crippen LogP contribution in [0.4, 0.5) is 5.69 Å². The summed E-state index contributed by atoms with van der Waals surface area (Å²) in [6.45, 7) is 6.38. The summed E-state index contributed by atoms with van der Waals surface area (Å²) in [4.78, 5) is 4.29. The molecule has 0 aromatic carbocycles. The van der Waals surface area contributed by atoms with Crippen molar-refractivity contribution in [1.82, 2.24) is 4.98 Å². The van der Waals surface area contributed by atoms with Crippen molar-refractivity contribution in [3.8, 4) is 0 Å². The van der Waals surface area contributed by atoms with E-state index in [2.05, 4.69) is 25.8 Å². The number of hydrogen-bond acceptors (Lipinski definition) is 3. The SMILES string of the molecule is CC(C)(C)c1coc2c(N)ccnc12. The van der Waals surface area contributed by atoms with Gasteiger partial charge in [0.1, 0.15) is 5.52 Å². The summed E-state index contributed by atoms with van der Waals surface area (Å²) in [5, 5.41) is 0. The van der Waals surface area contributed by atoms with E-state index in [0.717, 1.165) is 11.1 Å². The highest BCUT2D eigenvalue weighted by molar-refractivity contribution is 5.87. The fraction of sp³-hybridized carbons (Fsp3) is 0.364. The summed E-state index contributed by atoms with van der Waals surface area (Å²) >= 11 is 0. The largest absolute Gasteiger partial charge is 0.460 e. The van der Waals surface area contributed by atoms with E-state index in [1.54, 1.807) is 18.5 Å². The van der Waals surface area contributed by atoms with Crippen LogP contribution in [0.1, 0.15) is 26.3 Å². The second-order valence-electron chi connectivity index (χ2n) is 4.48. The number of furan rings is 1. The number of fused-ring (bicyclic) bond motifs is 1. The summed E-state index contributed by atoms with van der Waals surface area (Å²) in [5.74, 6) is 0. The van der Waals surface area contributed by atoms with Crippen LogP contribution in [-0.4, -0.2) is 4.98 Å². The first-order chi connectivity index (χ1) is 6.50. The predicted octanol–water partition coefficient (Wildman–Crippen LogP) is 2.71. The molecule has 2 heterocycles. The first kappa shape index (κ1) is 9.06. The van der Waals surface area contributed by atoms with Gasteiger partial charge in [0, 0.05) is 11.8 Å². The van der Waals surface area contributed by atoms with Gasteiger partial charge in [0.2, 0.25) is 0 Å². The first-order valence-electron chi connectivity index (χ1n) is 4.62. The van der Waals surface area contributed by atoms with Crippen molar-refractivity contribution in [1.29, 1.82) is 0 Å². The smallest absolute Gasteiger partial charge is 0.175 e. The number of nitrogens with zero attached hydrogens (tertiary/aromatic N) is 1. The lowest BCUT2D eigenvalue weighted by atomic mass is 9.88. The zero-order valence-corrected chi connectivity index (χ0v) is 8.66. The van der Waals surface area contributed by atoms with E-state index < -0.39 is 0 Å². The zero-order chi connectivity index (χ0) is 10.3. The monoisotopic (exact) mass is 190 g/mol. The molecule has 2 aromatic heterocycles. The van der Waals surface area contributed by atoms with Gasteiger partial charge in [0.15, 0.2) is 5.58 Å². The molecule has 0 fully saturated rings. The second kappa shape index (κ2) is 2.74. The molecule has 0 bridgehead atoms. The number of nitrogen functional groups attached to an aromatic ring is 1. The zero-order valence-electron chi connectivity index (χ0n) is 8.66. The Hall–Kier alpha value is -1.51. The number of rotatable bonds is 0. The number of aromatic nitrogens is 1. The molecule has 2 N–H and O–H groups in total. The van der Waals surface area contributed by atoms with Crippen LogP contribution in [0.15, 0.2) is 22.9 Å². The van der Waals surface area contributed by atoms with Crippen LogP contribution in [0, 0.1) is 0 Å². The predicted molar refractivity (Wildman–Crippen MR) is 57.1 cm³/mol. The fourth-order valence-electron chi connectivity index (χ4n) is 1.48. The molecule has 0 unspecified atom stereocenters. The van der Waals surface area contributed by atoms with E-state index in [-0.39, 0.29) is 5.41 Å². The van der Waals surface area contributed by atoms with E-state index in [1.165, 1.54) is 0 Å². The van der Waals surface area contributed by atoms with Gasteiger partial charge in [-0.1, -0.05) is 20.8 Å². The Morgan fingerprint density at radius 2 is 2.07 bits per heavy atom. The third kappa shape index (κ3) is 1.25. The molecule has 2 rings (SSSR count). The molecule has 3 nitrogen and oxygen atoms in total. The Bertz CT molecular complexity index is 466. The van der Waals surface area contributed by atoms with E-state index in [4.69, 9.17) is 10.2 Å². The molecule has 3 heteroatoms. The fourth-order valence-corrected chi connectivity index (χ4v) is 1.48. The van der Waals surface area contributed by atoms with Gasteiger partial charge in [-0.25, -0.2) is 0 Å². The first-order valence-corrected chi connectivity index (χ1v) is 4.62. The third-order valence-electron chi connectivity index (χ3n) is 2.29. The number of nitrogens with two attached hydrogens (primary N) is 1. The quantitative estimate of drug-likeness (QED) is 0.694. The average molecular weight is 190 g/mol. The topological polar surface area (TPSA) is 52.0 Å². The van der Waals surface area contributed by atoms with Crippen molar-refractivity contribution in [2.75, 3.05) is 5.73 Å². The molecule has 0 spiro atoms. The van der Waals surface area contributed by atoms with Crippen LogP contribution >= 0.6 is 0 Å². The standard InChI is InChI=1S/C11H14N2O/c1-11(2,3)7-6-14-10-8(12)4-5-13-9(7)10/h4-6H,1-3H3,(H2,12,13). The molecule has 0 aliphatic carbocycles. The Kier molecular flexibility index (Phi) is 1.77. The molecule has 0 radical (unpaired) electrons. The maximum Gasteiger partial charge on any atom is 0.175 e. The van der Waals surface area contributed by atoms with Crippen molar-refractivity contribution in [2.24, 2.45) is 0 Å². The minimum atomic E-state index is 0.0338. The summed E-state index contributed by atoms with van der Waals surface area (Å²) in [6.07, 6.45) is 3.45. The van der Waals surface area contributed by atoms with Crippen molar-refractivity contribution in [3.63, 3.8) is 0 Å². The number of hydrogen-bond donors (Lipinski definition) is 1. The molecule has 14 heavy (non-hydrogen) atoms. The van der Waals surface area contributed by atoms with E-state index in [1.807, 2.05) is 0 Å². The highest BCUT2D eigenvalue weighted by atomic mass is 16.3. The van der Waals surface area contributed by atoms with Gasteiger partial charge >= 0.3 is 0 Å². The summed E-state index contributed by atoms with van der Waals surface area (Å²) in [7, 11) is 0. The molecule has 74 valence electrons. The highest BCUT2D eigenvalue weighted by Crippen LogP contribution is 2.32. The van der Waals surface area contributed by atoms with Crippen LogP contribution in [0.5, 0.6) is 0 Å². The molecule has 0 aliphatic rings. The summed E-state index contributed by atoms with van der Waals surface area (Å²) < 4.78 is 5.42. The van der Waals surface area contributed by atoms with Gasteiger partial charge in [-0.15, -0.1) is 0 Å². The Labute approximate surface area is 82.9 Å². The molecule has 0 saturated carbocycles. The molecule has 0 saturated heterocycles. The van der Waals surface area contributed by atoms with E-state index in [0.29, 0.717) is 11.3 Å². The normalized spacial score (nSPS) is 12.2. The van der Waals surface area contributed by atoms with Gasteiger partial charge in [0.25, 0.3) is 0 Å². The van der Waals surface area contributed by atoms with Crippen LogP contribution < -0.4 is 5.73 Å². The van der Waals surface area contributed by atoms with E-state index in [9.17, 15) is 0 Å². The second-order valence-corrected chi connectivity index (χ2v) is 4.48. The number of anilines is 1. The van der Waals surface area contributed by atoms with Crippen molar-refractivity contribution in [2.45, 2.75) is 26.2 Å². The minimum Gasteiger partial charge on any atom is -0.460 e. The maximum absolute atomic E-state index is 5.78. The van der Waals surface area contributed by atoms with Crippen molar-refractivity contribution in [3.05, 3.63) is 24.1 Å². The van der Waals surface area contributed by atoms with Crippen LogP contribution in [0.2, 0.25) is 0 Å². The lowest BCUT2D eigenvalue weighted by molar-refractivity contribution is 0.557. The van der Waals surface area contributed by atoms with Gasteiger partial charge < -0.3 is 10.2 Å². The summed E-state index contributed by atoms with van der Waals surface area (Å²) in [6, 6.07) is 1.75. The molecule has 0 amide bonds. The lowest BCUT2D eigenvalue weighted by Gasteiger charge is -2.15.